The lowest BCUT2D eigenvalue weighted by molar-refractivity contribution is -0.141. The third-order valence-corrected chi connectivity index (χ3v) is 15.2. The van der Waals surface area contributed by atoms with Crippen molar-refractivity contribution in [1.29, 1.82) is 0 Å². The van der Waals surface area contributed by atoms with Crippen molar-refractivity contribution in [3.63, 3.8) is 0 Å². The van der Waals surface area contributed by atoms with Crippen molar-refractivity contribution in [1.82, 2.24) is 10.6 Å². The molecule has 2 bridgehead atoms. The molecule has 0 aromatic carbocycles. The molecule has 4 N–H and O–H groups in total. The molecule has 2 heterocycles. The first-order valence-corrected chi connectivity index (χ1v) is 17.6. The van der Waals surface area contributed by atoms with Crippen LogP contribution >= 0.6 is 0 Å². The van der Waals surface area contributed by atoms with E-state index in [0.29, 0.717) is 30.2 Å². The summed E-state index contributed by atoms with van der Waals surface area (Å²) in [5, 5.41) is 29.9. The number of fused-ring (bicyclic) bond motifs is 2. The van der Waals surface area contributed by atoms with Crippen molar-refractivity contribution < 1.29 is 10.2 Å². The minimum atomic E-state index is -0.382. The number of nitrogens with one attached hydrogen (secondary N) is 2. The van der Waals surface area contributed by atoms with Gasteiger partial charge in [-0.15, -0.1) is 0 Å². The molecule has 14 atom stereocenters. The molecule has 4 saturated carbocycles. The van der Waals surface area contributed by atoms with Crippen molar-refractivity contribution in [3.05, 3.63) is 47.1 Å². The Hall–Kier alpha value is -1.20. The van der Waals surface area contributed by atoms with Crippen molar-refractivity contribution in [2.24, 2.45) is 52.3 Å². The van der Waals surface area contributed by atoms with Gasteiger partial charge in [0.25, 0.3) is 0 Å². The van der Waals surface area contributed by atoms with Crippen molar-refractivity contribution in [3.8, 4) is 0 Å². The molecule has 1 spiro atoms. The summed E-state index contributed by atoms with van der Waals surface area (Å²) in [7, 11) is 0. The van der Waals surface area contributed by atoms with Crippen molar-refractivity contribution in [2.75, 3.05) is 6.54 Å². The molecule has 8 aliphatic rings. The molecular weight excluding hydrogens is 516 g/mol. The second kappa shape index (κ2) is 9.18. The number of piperidine rings is 2. The van der Waals surface area contributed by atoms with Crippen LogP contribution in [0.4, 0.5) is 0 Å². The third-order valence-electron chi connectivity index (χ3n) is 15.2. The smallest absolute Gasteiger partial charge is 0.0758 e. The molecular formula is C38H56N2O2. The van der Waals surface area contributed by atoms with Gasteiger partial charge in [-0.3, -0.25) is 0 Å². The fourth-order valence-corrected chi connectivity index (χ4v) is 13.7. The molecule has 0 aromatic heterocycles. The van der Waals surface area contributed by atoms with Gasteiger partial charge in [0, 0.05) is 35.0 Å². The zero-order chi connectivity index (χ0) is 29.4. The van der Waals surface area contributed by atoms with Gasteiger partial charge < -0.3 is 20.8 Å². The Bertz CT molecular complexity index is 1280. The normalized spacial score (nSPS) is 54.3. The van der Waals surface area contributed by atoms with E-state index in [-0.39, 0.29) is 46.1 Å². The molecule has 230 valence electrons. The Morgan fingerprint density at radius 2 is 1.95 bits per heavy atom. The minimum absolute atomic E-state index is 0.0879. The lowest BCUT2D eigenvalue weighted by atomic mass is 9.42. The first-order chi connectivity index (χ1) is 19.9. The van der Waals surface area contributed by atoms with Crippen LogP contribution < -0.4 is 10.6 Å². The monoisotopic (exact) mass is 572 g/mol. The van der Waals surface area contributed by atoms with E-state index >= 15 is 0 Å². The lowest BCUT2D eigenvalue weighted by Crippen LogP contribution is -2.77. The van der Waals surface area contributed by atoms with Gasteiger partial charge in [0.05, 0.1) is 12.2 Å². The van der Waals surface area contributed by atoms with Crippen LogP contribution in [0.5, 0.6) is 0 Å². The quantitative estimate of drug-likeness (QED) is 0.285. The molecule has 8 rings (SSSR count). The first-order valence-electron chi connectivity index (χ1n) is 17.6. The summed E-state index contributed by atoms with van der Waals surface area (Å²) in [4.78, 5) is 0. The van der Waals surface area contributed by atoms with Crippen LogP contribution in [-0.4, -0.2) is 46.1 Å². The van der Waals surface area contributed by atoms with E-state index in [1.165, 1.54) is 63.4 Å². The predicted molar refractivity (Wildman–Crippen MR) is 170 cm³/mol. The first kappa shape index (κ1) is 28.3. The molecule has 0 unspecified atom stereocenters. The highest BCUT2D eigenvalue weighted by atomic mass is 16.3. The van der Waals surface area contributed by atoms with E-state index in [1.807, 2.05) is 6.92 Å². The van der Waals surface area contributed by atoms with E-state index in [0.717, 1.165) is 18.3 Å². The maximum Gasteiger partial charge on any atom is 0.0758 e. The minimum Gasteiger partial charge on any atom is -0.392 e. The average Bonchev–Trinajstić information content (AvgIpc) is 3.41. The zero-order valence-electron chi connectivity index (χ0n) is 26.9. The molecule has 6 aliphatic carbocycles. The highest BCUT2D eigenvalue weighted by Gasteiger charge is 2.78. The van der Waals surface area contributed by atoms with Crippen LogP contribution in [-0.2, 0) is 0 Å². The second-order valence-electron chi connectivity index (χ2n) is 17.2. The van der Waals surface area contributed by atoms with Crippen molar-refractivity contribution >= 4 is 0 Å². The van der Waals surface area contributed by atoms with Gasteiger partial charge in [-0.1, -0.05) is 48.5 Å². The summed E-state index contributed by atoms with van der Waals surface area (Å²) in [5.74, 6) is 4.21. The summed E-state index contributed by atoms with van der Waals surface area (Å²) in [6.07, 6.45) is 19.6. The fourth-order valence-electron chi connectivity index (χ4n) is 13.7. The number of aliphatic hydroxyl groups is 2. The zero-order valence-corrected chi connectivity index (χ0v) is 26.9. The van der Waals surface area contributed by atoms with Gasteiger partial charge in [0.2, 0.25) is 0 Å². The highest BCUT2D eigenvalue weighted by Crippen LogP contribution is 2.78. The van der Waals surface area contributed by atoms with Gasteiger partial charge in [-0.2, -0.15) is 0 Å². The maximum atomic E-state index is 11.8. The Morgan fingerprint density at radius 3 is 2.71 bits per heavy atom. The topological polar surface area (TPSA) is 64.5 Å². The van der Waals surface area contributed by atoms with Gasteiger partial charge in [0.15, 0.2) is 0 Å². The molecule has 4 nitrogen and oxygen atoms in total. The number of aliphatic hydroxyl groups excluding tert-OH is 2. The summed E-state index contributed by atoms with van der Waals surface area (Å²) < 4.78 is 0. The van der Waals surface area contributed by atoms with Gasteiger partial charge in [-0.05, 0) is 138 Å². The molecule has 2 aliphatic heterocycles. The Morgan fingerprint density at radius 1 is 1.14 bits per heavy atom. The molecule has 0 amide bonds. The molecule has 2 saturated heterocycles. The summed E-state index contributed by atoms with van der Waals surface area (Å²) in [6.45, 7) is 16.6. The largest absolute Gasteiger partial charge is 0.392 e. The van der Waals surface area contributed by atoms with Crippen LogP contribution in [0.2, 0.25) is 0 Å². The number of hydrogen-bond donors (Lipinski definition) is 4. The fraction of sp³-hybridized carbons (Fsp3) is 0.789. The van der Waals surface area contributed by atoms with Gasteiger partial charge >= 0.3 is 0 Å². The lowest BCUT2D eigenvalue weighted by Gasteiger charge is -2.69. The van der Waals surface area contributed by atoms with Crippen LogP contribution in [0.1, 0.15) is 98.8 Å². The van der Waals surface area contributed by atoms with Crippen LogP contribution in [0.15, 0.2) is 47.1 Å². The standard InChI is InChI=1S/C38H56N2O2/c1-21(2)24-9-11-35(5)18-29(13-22(3)31(35)15-24)37-12-10-26-17-28-14-25-16-32(39-20-23(4)41)34(42)30-8-7-27(19-37)38(28,33(25)30)36(26,6)40-37/h7-8,13,23-28,30,32-34,39-42H,1,9-12,14-20H2,2-6H3/t23-,24+,25-,26+,27-,28+,30+,32-,33-,34-,35-,36+,37-,38-/m0/s1. The third kappa shape index (κ3) is 3.50. The van der Waals surface area contributed by atoms with E-state index in [4.69, 9.17) is 0 Å². The summed E-state index contributed by atoms with van der Waals surface area (Å²) in [5.41, 5.74) is 7.09. The van der Waals surface area contributed by atoms with E-state index in [1.54, 1.807) is 16.7 Å². The molecule has 0 radical (unpaired) electrons. The predicted octanol–water partition coefficient (Wildman–Crippen LogP) is 6.46. The summed E-state index contributed by atoms with van der Waals surface area (Å²) in [6, 6.07) is 0.0879. The Kier molecular flexibility index (Phi) is 6.18. The average molecular weight is 573 g/mol. The van der Waals surface area contributed by atoms with Gasteiger partial charge in [-0.25, -0.2) is 0 Å². The second-order valence-corrected chi connectivity index (χ2v) is 17.2. The van der Waals surface area contributed by atoms with Crippen LogP contribution in [0.3, 0.4) is 0 Å². The molecule has 0 aromatic rings. The Balaban J connectivity index is 1.17. The maximum absolute atomic E-state index is 11.8. The highest BCUT2D eigenvalue weighted by molar-refractivity contribution is 5.46. The van der Waals surface area contributed by atoms with Gasteiger partial charge in [0.1, 0.15) is 0 Å². The molecule has 4 heteroatoms. The van der Waals surface area contributed by atoms with Crippen LogP contribution in [0, 0.1) is 52.3 Å². The van der Waals surface area contributed by atoms with E-state index < -0.39 is 0 Å². The number of rotatable bonds is 5. The molecule has 6 fully saturated rings. The number of allylic oxidation sites excluding steroid dienone is 5. The SMILES string of the molecule is C=C(C)[C@@H]1CC[C@@]2(C)CC([C@]34CC[C@@H]5C[C@H]6C[C@H]7C[C@H](NC[C@H](C)O)[C@@H](O)[C@@H]8C=C[C@@H](C3)[C@]6([C@@H]78)[C@]5(C)N4)=CC(C)=C2C1. The summed E-state index contributed by atoms with van der Waals surface area (Å²) >= 11 is 0. The van der Waals surface area contributed by atoms with E-state index in [2.05, 4.69) is 63.1 Å². The van der Waals surface area contributed by atoms with E-state index in [9.17, 15) is 10.2 Å². The van der Waals surface area contributed by atoms with Crippen molar-refractivity contribution in [2.45, 2.75) is 128 Å². The van der Waals surface area contributed by atoms with Crippen LogP contribution in [0.25, 0.3) is 0 Å². The Labute approximate surface area is 254 Å². The number of hydrogen-bond acceptors (Lipinski definition) is 4. The molecule has 42 heavy (non-hydrogen) atoms.